The molecule has 140 valence electrons. The highest BCUT2D eigenvalue weighted by atomic mass is 32.2. The smallest absolute Gasteiger partial charge is 0.269 e. The first-order valence-corrected chi connectivity index (χ1v) is 10.5. The van der Waals surface area contributed by atoms with Crippen LogP contribution in [0.3, 0.4) is 0 Å². The summed E-state index contributed by atoms with van der Waals surface area (Å²) < 4.78 is 26.3. The van der Waals surface area contributed by atoms with Crippen molar-refractivity contribution in [1.29, 1.82) is 0 Å². The molecule has 1 N–H and O–H groups in total. The third-order valence-electron chi connectivity index (χ3n) is 5.48. The standard InChI is InChI=1S/C18H23N3O4S/c1-11(2)21-18(23)15-6-3-12(9-16(15)26(21,24)25)17(22)20-8-7-13-4-5-14(10-20)19-13/h3,6,9,11,13-14,19H,4-5,7-8,10H2,1-2H3. The zero-order chi connectivity index (χ0) is 18.6. The van der Waals surface area contributed by atoms with Gasteiger partial charge in [-0.25, -0.2) is 12.7 Å². The van der Waals surface area contributed by atoms with Crippen molar-refractivity contribution in [2.24, 2.45) is 0 Å². The van der Waals surface area contributed by atoms with Gasteiger partial charge in [-0.1, -0.05) is 0 Å². The number of amides is 2. The maximum Gasteiger partial charge on any atom is 0.269 e. The van der Waals surface area contributed by atoms with E-state index < -0.39 is 22.0 Å². The van der Waals surface area contributed by atoms with E-state index in [-0.39, 0.29) is 16.4 Å². The van der Waals surface area contributed by atoms with Crippen molar-refractivity contribution in [1.82, 2.24) is 14.5 Å². The van der Waals surface area contributed by atoms with E-state index in [0.29, 0.717) is 30.7 Å². The first-order chi connectivity index (χ1) is 12.3. The Morgan fingerprint density at radius 2 is 1.92 bits per heavy atom. The van der Waals surface area contributed by atoms with Gasteiger partial charge in [0.2, 0.25) is 0 Å². The van der Waals surface area contributed by atoms with Crippen molar-refractivity contribution in [3.05, 3.63) is 29.3 Å². The van der Waals surface area contributed by atoms with Crippen molar-refractivity contribution in [3.8, 4) is 0 Å². The molecule has 2 saturated heterocycles. The molecule has 0 aliphatic carbocycles. The highest BCUT2D eigenvalue weighted by Gasteiger charge is 2.43. The lowest BCUT2D eigenvalue weighted by Gasteiger charge is -2.24. The SMILES string of the molecule is CC(C)N1C(=O)c2ccc(C(=O)N3CCC4CCC(C3)N4)cc2S1(=O)=O. The van der Waals surface area contributed by atoms with Crippen LogP contribution in [-0.4, -0.2) is 60.7 Å². The van der Waals surface area contributed by atoms with Gasteiger partial charge >= 0.3 is 0 Å². The minimum atomic E-state index is -3.90. The highest BCUT2D eigenvalue weighted by molar-refractivity contribution is 7.90. The van der Waals surface area contributed by atoms with Gasteiger partial charge in [0.25, 0.3) is 21.8 Å². The van der Waals surface area contributed by atoms with E-state index in [1.165, 1.54) is 12.1 Å². The number of carbonyl (C=O) groups excluding carboxylic acids is 2. The van der Waals surface area contributed by atoms with Gasteiger partial charge in [-0.3, -0.25) is 9.59 Å². The fraction of sp³-hybridized carbons (Fsp3) is 0.556. The summed E-state index contributed by atoms with van der Waals surface area (Å²) in [5.74, 6) is -0.696. The molecule has 0 aromatic heterocycles. The van der Waals surface area contributed by atoms with Crippen LogP contribution in [-0.2, 0) is 10.0 Å². The molecule has 0 saturated carbocycles. The number of carbonyl (C=O) groups is 2. The van der Waals surface area contributed by atoms with Gasteiger partial charge in [0.15, 0.2) is 0 Å². The third-order valence-corrected chi connectivity index (χ3v) is 7.47. The lowest BCUT2D eigenvalue weighted by Crippen LogP contribution is -2.39. The molecule has 2 bridgehead atoms. The fourth-order valence-electron chi connectivity index (χ4n) is 4.20. The Morgan fingerprint density at radius 3 is 2.65 bits per heavy atom. The van der Waals surface area contributed by atoms with E-state index in [1.54, 1.807) is 24.8 Å². The van der Waals surface area contributed by atoms with Crippen molar-refractivity contribution in [3.63, 3.8) is 0 Å². The first kappa shape index (κ1) is 17.5. The van der Waals surface area contributed by atoms with Gasteiger partial charge in [0.05, 0.1) is 5.56 Å². The number of hydrogen-bond donors (Lipinski definition) is 1. The molecule has 0 radical (unpaired) electrons. The summed E-state index contributed by atoms with van der Waals surface area (Å²) in [6.07, 6.45) is 3.12. The molecule has 2 amide bonds. The molecule has 26 heavy (non-hydrogen) atoms. The van der Waals surface area contributed by atoms with Crippen LogP contribution in [0.15, 0.2) is 23.1 Å². The fourth-order valence-corrected chi connectivity index (χ4v) is 5.99. The lowest BCUT2D eigenvalue weighted by molar-refractivity contribution is 0.0746. The number of nitrogens with zero attached hydrogens (tertiary/aromatic N) is 2. The maximum absolute atomic E-state index is 12.9. The zero-order valence-corrected chi connectivity index (χ0v) is 15.8. The van der Waals surface area contributed by atoms with Crippen molar-refractivity contribution in [2.45, 2.75) is 56.1 Å². The average Bonchev–Trinajstić information content (AvgIpc) is 3.01. The molecular formula is C18H23N3O4S. The van der Waals surface area contributed by atoms with Crippen molar-refractivity contribution < 1.29 is 18.0 Å². The molecule has 0 spiro atoms. The Hall–Kier alpha value is -1.93. The number of rotatable bonds is 2. The Morgan fingerprint density at radius 1 is 1.19 bits per heavy atom. The van der Waals surface area contributed by atoms with Gasteiger partial charge in [-0.15, -0.1) is 0 Å². The van der Waals surface area contributed by atoms with E-state index >= 15 is 0 Å². The van der Waals surface area contributed by atoms with Crippen LogP contribution in [0.2, 0.25) is 0 Å². The van der Waals surface area contributed by atoms with E-state index in [2.05, 4.69) is 5.32 Å². The minimum absolute atomic E-state index is 0.0588. The molecule has 8 heteroatoms. The second kappa shape index (κ2) is 6.06. The molecule has 2 unspecified atom stereocenters. The van der Waals surface area contributed by atoms with Crippen LogP contribution in [0.5, 0.6) is 0 Å². The molecule has 7 nitrogen and oxygen atoms in total. The predicted molar refractivity (Wildman–Crippen MR) is 95.4 cm³/mol. The summed E-state index contributed by atoms with van der Waals surface area (Å²) in [5.41, 5.74) is 0.468. The van der Waals surface area contributed by atoms with Crippen molar-refractivity contribution >= 4 is 21.8 Å². The Balaban J connectivity index is 1.65. The number of hydrogen-bond acceptors (Lipinski definition) is 5. The third kappa shape index (κ3) is 2.63. The number of fused-ring (bicyclic) bond motifs is 3. The minimum Gasteiger partial charge on any atom is -0.337 e. The summed E-state index contributed by atoms with van der Waals surface area (Å²) >= 11 is 0. The second-order valence-corrected chi connectivity index (χ2v) is 9.37. The number of benzene rings is 1. The topological polar surface area (TPSA) is 86.8 Å². The summed E-state index contributed by atoms with van der Waals surface area (Å²) in [6, 6.07) is 4.70. The van der Waals surface area contributed by atoms with Gasteiger partial charge in [-0.05, 0) is 51.3 Å². The van der Waals surface area contributed by atoms with Crippen LogP contribution in [0.4, 0.5) is 0 Å². The maximum atomic E-state index is 12.9. The first-order valence-electron chi connectivity index (χ1n) is 9.07. The van der Waals surface area contributed by atoms with Gasteiger partial charge in [0, 0.05) is 36.8 Å². The van der Waals surface area contributed by atoms with Gasteiger partial charge in [-0.2, -0.15) is 0 Å². The molecule has 3 aliphatic rings. The molecule has 3 aliphatic heterocycles. The molecule has 2 atom stereocenters. The van der Waals surface area contributed by atoms with E-state index in [4.69, 9.17) is 0 Å². The van der Waals surface area contributed by atoms with Crippen LogP contribution in [0, 0.1) is 0 Å². The summed E-state index contributed by atoms with van der Waals surface area (Å²) in [4.78, 5) is 27.1. The normalized spacial score (nSPS) is 27.0. The Bertz CT molecular complexity index is 880. The van der Waals surface area contributed by atoms with Gasteiger partial charge < -0.3 is 10.2 Å². The number of nitrogens with one attached hydrogen (secondary N) is 1. The molecule has 4 rings (SSSR count). The van der Waals surface area contributed by atoms with Crippen molar-refractivity contribution in [2.75, 3.05) is 13.1 Å². The van der Waals surface area contributed by atoms with E-state index in [0.717, 1.165) is 23.6 Å². The highest BCUT2D eigenvalue weighted by Crippen LogP contribution is 2.33. The summed E-state index contributed by atoms with van der Waals surface area (Å²) in [7, 11) is -3.90. The molecule has 1 aromatic rings. The largest absolute Gasteiger partial charge is 0.337 e. The summed E-state index contributed by atoms with van der Waals surface area (Å²) in [5, 5.41) is 3.53. The molecule has 3 heterocycles. The lowest BCUT2D eigenvalue weighted by atomic mass is 10.1. The predicted octanol–water partition coefficient (Wildman–Crippen LogP) is 1.21. The Kier molecular flexibility index (Phi) is 4.07. The number of likely N-dealkylation sites (tertiary alicyclic amines) is 1. The molecule has 2 fully saturated rings. The van der Waals surface area contributed by atoms with E-state index in [1.807, 2.05) is 0 Å². The molecule has 1 aromatic carbocycles. The van der Waals surface area contributed by atoms with Crippen LogP contribution < -0.4 is 5.32 Å². The number of sulfonamides is 1. The zero-order valence-electron chi connectivity index (χ0n) is 14.9. The van der Waals surface area contributed by atoms with Crippen LogP contribution in [0.25, 0.3) is 0 Å². The quantitative estimate of drug-likeness (QED) is 0.837. The van der Waals surface area contributed by atoms with Crippen LogP contribution >= 0.6 is 0 Å². The van der Waals surface area contributed by atoms with E-state index in [9.17, 15) is 18.0 Å². The molecular weight excluding hydrogens is 354 g/mol. The van der Waals surface area contributed by atoms with Crippen LogP contribution in [0.1, 0.15) is 53.8 Å². The Labute approximate surface area is 153 Å². The summed E-state index contributed by atoms with van der Waals surface area (Å²) in [6.45, 7) is 4.61. The second-order valence-electron chi connectivity index (χ2n) is 7.59. The van der Waals surface area contributed by atoms with Gasteiger partial charge in [0.1, 0.15) is 4.90 Å². The average molecular weight is 377 g/mol. The monoisotopic (exact) mass is 377 g/mol.